The lowest BCUT2D eigenvalue weighted by molar-refractivity contribution is -0.120. The molecule has 0 spiro atoms. The number of benzene rings is 1. The lowest BCUT2D eigenvalue weighted by Crippen LogP contribution is -2.41. The molecule has 0 bridgehead atoms. The van der Waals surface area contributed by atoms with Crippen molar-refractivity contribution in [2.75, 3.05) is 23.3 Å². The molecule has 1 unspecified atom stereocenters. The maximum atomic E-state index is 12.8. The van der Waals surface area contributed by atoms with Crippen molar-refractivity contribution >= 4 is 17.4 Å². The van der Waals surface area contributed by atoms with E-state index >= 15 is 0 Å². The van der Waals surface area contributed by atoms with Gasteiger partial charge in [0.25, 0.3) is 0 Å². The van der Waals surface area contributed by atoms with E-state index in [1.165, 1.54) is 18.2 Å². The average molecular weight is 391 g/mol. The number of hydrogen-bond acceptors (Lipinski definition) is 6. The Kier molecular flexibility index (Phi) is 5.50. The van der Waals surface area contributed by atoms with Crippen LogP contribution in [0.1, 0.15) is 38.2 Å². The molecule has 1 fully saturated rings. The van der Waals surface area contributed by atoms with Gasteiger partial charge in [0, 0.05) is 24.8 Å². The number of carbonyl (C=O) groups is 1. The van der Waals surface area contributed by atoms with Crippen LogP contribution in [0.5, 0.6) is 0 Å². The maximum absolute atomic E-state index is 12.8. The van der Waals surface area contributed by atoms with Crippen molar-refractivity contribution in [1.29, 1.82) is 0 Å². The van der Waals surface area contributed by atoms with Crippen LogP contribution in [-0.4, -0.2) is 43.7 Å². The Hall–Kier alpha value is -3.29. The molecule has 1 N–H and O–H groups in total. The van der Waals surface area contributed by atoms with Crippen LogP contribution >= 0.6 is 0 Å². The largest absolute Gasteiger partial charge is 0.356 e. The molecule has 1 amide bonds. The highest BCUT2D eigenvalue weighted by Gasteiger charge is 2.27. The van der Waals surface area contributed by atoms with Crippen LogP contribution in [0.3, 0.4) is 0 Å². The summed E-state index contributed by atoms with van der Waals surface area (Å²) in [7, 11) is 0. The first-order valence-electron chi connectivity index (χ1n) is 9.93. The van der Waals surface area contributed by atoms with E-state index in [4.69, 9.17) is 0 Å². The minimum Gasteiger partial charge on any atom is -0.356 e. The summed E-state index contributed by atoms with van der Waals surface area (Å²) >= 11 is 0. The predicted octanol–water partition coefficient (Wildman–Crippen LogP) is 3.04. The highest BCUT2D eigenvalue weighted by atomic mass is 16.1. The molecule has 3 aromatic rings. The van der Waals surface area contributed by atoms with Crippen molar-refractivity contribution in [1.82, 2.24) is 24.7 Å². The third-order valence-electron chi connectivity index (χ3n) is 5.25. The van der Waals surface area contributed by atoms with E-state index in [2.05, 4.69) is 56.2 Å². The number of anilines is 2. The second kappa shape index (κ2) is 8.38. The molecule has 3 heterocycles. The molecule has 8 nitrogen and oxygen atoms in total. The molecule has 0 aliphatic carbocycles. The number of carbonyl (C=O) groups excluding carboxylic acids is 1. The molecular weight excluding hydrogens is 366 g/mol. The first kappa shape index (κ1) is 19.0. The highest BCUT2D eigenvalue weighted by Crippen LogP contribution is 2.24. The number of nitrogens with zero attached hydrogens (tertiary/aromatic N) is 6. The van der Waals surface area contributed by atoms with E-state index < -0.39 is 0 Å². The molecule has 1 aromatic carbocycles. The van der Waals surface area contributed by atoms with E-state index in [-0.39, 0.29) is 11.8 Å². The van der Waals surface area contributed by atoms with E-state index in [1.54, 1.807) is 11.0 Å². The molecule has 4 rings (SSSR count). The lowest BCUT2D eigenvalue weighted by atomic mass is 9.97. The van der Waals surface area contributed by atoms with Gasteiger partial charge in [-0.25, -0.2) is 19.6 Å². The van der Waals surface area contributed by atoms with Crippen LogP contribution in [0.2, 0.25) is 0 Å². The van der Waals surface area contributed by atoms with Gasteiger partial charge in [0.15, 0.2) is 5.82 Å². The maximum Gasteiger partial charge on any atom is 0.229 e. The average Bonchev–Trinajstić information content (AvgIpc) is 3.29. The third-order valence-corrected chi connectivity index (χ3v) is 5.25. The molecule has 1 saturated heterocycles. The smallest absolute Gasteiger partial charge is 0.229 e. The molecule has 8 heteroatoms. The van der Waals surface area contributed by atoms with Crippen molar-refractivity contribution in [3.8, 4) is 5.82 Å². The van der Waals surface area contributed by atoms with Gasteiger partial charge in [0.2, 0.25) is 5.91 Å². The first-order valence-corrected chi connectivity index (χ1v) is 9.93. The quantitative estimate of drug-likeness (QED) is 0.719. The summed E-state index contributed by atoms with van der Waals surface area (Å²) in [6.45, 7) is 5.81. The summed E-state index contributed by atoms with van der Waals surface area (Å²) in [6, 6.07) is 9.96. The Labute approximate surface area is 170 Å². The van der Waals surface area contributed by atoms with Gasteiger partial charge in [-0.1, -0.05) is 26.0 Å². The van der Waals surface area contributed by atoms with E-state index in [1.807, 2.05) is 18.2 Å². The van der Waals surface area contributed by atoms with Crippen molar-refractivity contribution in [2.45, 2.75) is 32.6 Å². The molecule has 2 aromatic heterocycles. The zero-order chi connectivity index (χ0) is 20.2. The fourth-order valence-electron chi connectivity index (χ4n) is 3.56. The molecule has 1 atom stereocenters. The molecule has 29 heavy (non-hydrogen) atoms. The van der Waals surface area contributed by atoms with Crippen LogP contribution in [0.15, 0.2) is 49.3 Å². The standard InChI is InChI=1S/C21H25N7O/c1-15(2)16-5-7-18(8-6-16)26-21(29)17-4-3-9-27(11-17)19-10-20(24-13-23-19)28-14-22-12-25-28/h5-8,10,12-15,17H,3-4,9,11H2,1-2H3,(H,26,29). The number of hydrogen-bond donors (Lipinski definition) is 1. The Morgan fingerprint density at radius 3 is 2.66 bits per heavy atom. The van der Waals surface area contributed by atoms with Gasteiger partial charge in [-0.2, -0.15) is 5.10 Å². The second-order valence-corrected chi connectivity index (χ2v) is 7.63. The van der Waals surface area contributed by atoms with Crippen LogP contribution < -0.4 is 10.2 Å². The molecule has 0 radical (unpaired) electrons. The normalized spacial score (nSPS) is 16.8. The summed E-state index contributed by atoms with van der Waals surface area (Å²) < 4.78 is 1.60. The van der Waals surface area contributed by atoms with Crippen LogP contribution in [0.25, 0.3) is 5.82 Å². The lowest BCUT2D eigenvalue weighted by Gasteiger charge is -2.32. The minimum absolute atomic E-state index is 0.0533. The minimum atomic E-state index is -0.0849. The van der Waals surface area contributed by atoms with Gasteiger partial charge in [0.1, 0.15) is 24.8 Å². The third kappa shape index (κ3) is 4.42. The molecule has 150 valence electrons. The van der Waals surface area contributed by atoms with E-state index in [9.17, 15) is 4.79 Å². The van der Waals surface area contributed by atoms with Gasteiger partial charge in [0.05, 0.1) is 5.92 Å². The van der Waals surface area contributed by atoms with Crippen molar-refractivity contribution < 1.29 is 4.79 Å². The number of aromatic nitrogens is 5. The van der Waals surface area contributed by atoms with Crippen molar-refractivity contribution in [2.24, 2.45) is 5.92 Å². The first-order chi connectivity index (χ1) is 14.1. The summed E-state index contributed by atoms with van der Waals surface area (Å²) in [4.78, 5) is 27.6. The molecule has 1 aliphatic heterocycles. The van der Waals surface area contributed by atoms with Crippen LogP contribution in [-0.2, 0) is 4.79 Å². The van der Waals surface area contributed by atoms with E-state index in [0.29, 0.717) is 18.3 Å². The fraction of sp³-hybridized carbons (Fsp3) is 0.381. The van der Waals surface area contributed by atoms with Gasteiger partial charge in [-0.05, 0) is 36.5 Å². The number of amides is 1. The number of nitrogens with one attached hydrogen (secondary N) is 1. The Morgan fingerprint density at radius 2 is 1.93 bits per heavy atom. The van der Waals surface area contributed by atoms with E-state index in [0.717, 1.165) is 30.9 Å². The Balaban J connectivity index is 1.43. The van der Waals surface area contributed by atoms with Gasteiger partial charge < -0.3 is 10.2 Å². The number of piperidine rings is 1. The topological polar surface area (TPSA) is 88.8 Å². The fourth-order valence-corrected chi connectivity index (χ4v) is 3.56. The predicted molar refractivity (Wildman–Crippen MR) is 111 cm³/mol. The molecule has 0 saturated carbocycles. The zero-order valence-electron chi connectivity index (χ0n) is 16.7. The summed E-state index contributed by atoms with van der Waals surface area (Å²) in [5.41, 5.74) is 2.10. The van der Waals surface area contributed by atoms with Crippen LogP contribution in [0, 0.1) is 5.92 Å². The van der Waals surface area contributed by atoms with Crippen molar-refractivity contribution in [3.63, 3.8) is 0 Å². The molecular formula is C21H25N7O. The zero-order valence-corrected chi connectivity index (χ0v) is 16.7. The molecule has 1 aliphatic rings. The Morgan fingerprint density at radius 1 is 1.14 bits per heavy atom. The number of rotatable bonds is 5. The summed E-state index contributed by atoms with van der Waals surface area (Å²) in [5, 5.41) is 7.18. The summed E-state index contributed by atoms with van der Waals surface area (Å²) in [5.74, 6) is 1.89. The van der Waals surface area contributed by atoms with Gasteiger partial charge in [-0.3, -0.25) is 4.79 Å². The second-order valence-electron chi connectivity index (χ2n) is 7.63. The SMILES string of the molecule is CC(C)c1ccc(NC(=O)C2CCCN(c3cc(-n4cncn4)ncn3)C2)cc1. The Bertz CT molecular complexity index is 953. The van der Waals surface area contributed by atoms with Gasteiger partial charge >= 0.3 is 0 Å². The van der Waals surface area contributed by atoms with Gasteiger partial charge in [-0.15, -0.1) is 0 Å². The monoisotopic (exact) mass is 391 g/mol. The van der Waals surface area contributed by atoms with Crippen LogP contribution in [0.4, 0.5) is 11.5 Å². The highest BCUT2D eigenvalue weighted by molar-refractivity contribution is 5.93. The van der Waals surface area contributed by atoms with Crippen molar-refractivity contribution in [3.05, 3.63) is 54.9 Å². The summed E-state index contributed by atoms with van der Waals surface area (Å²) in [6.07, 6.45) is 6.40.